The maximum atomic E-state index is 12.9. The highest BCUT2D eigenvalue weighted by Crippen LogP contribution is 2.26. The molecule has 1 aromatic carbocycles. The molecule has 3 rings (SSSR count). The summed E-state index contributed by atoms with van der Waals surface area (Å²) >= 11 is 0. The van der Waals surface area contributed by atoms with Gasteiger partial charge in [-0.15, -0.1) is 0 Å². The second-order valence-electron chi connectivity index (χ2n) is 8.98. The van der Waals surface area contributed by atoms with Crippen LogP contribution in [0.25, 0.3) is 0 Å². The molecule has 0 bridgehead atoms. The number of hydrogen-bond acceptors (Lipinski definition) is 3. The minimum atomic E-state index is -0.0140. The van der Waals surface area contributed by atoms with E-state index < -0.39 is 0 Å². The monoisotopic (exact) mass is 372 g/mol. The Morgan fingerprint density at radius 3 is 2.37 bits per heavy atom. The van der Waals surface area contributed by atoms with Gasteiger partial charge >= 0.3 is 0 Å². The normalized spacial score (nSPS) is 23.4. The van der Waals surface area contributed by atoms with Crippen LogP contribution in [-0.4, -0.2) is 53.0 Å². The third-order valence-corrected chi connectivity index (χ3v) is 6.50. The van der Waals surface area contributed by atoms with Crippen molar-refractivity contribution >= 4 is 5.91 Å². The molecule has 2 atom stereocenters. The van der Waals surface area contributed by atoms with E-state index in [1.165, 1.54) is 25.9 Å². The number of amides is 1. The Labute approximate surface area is 164 Å². The number of benzene rings is 1. The van der Waals surface area contributed by atoms with Crippen LogP contribution < -0.4 is 0 Å². The van der Waals surface area contributed by atoms with Gasteiger partial charge in [0, 0.05) is 31.6 Å². The molecule has 0 unspecified atom stereocenters. The molecular weight excluding hydrogens is 336 g/mol. The molecule has 1 aromatic rings. The first-order valence-electron chi connectivity index (χ1n) is 10.7. The van der Waals surface area contributed by atoms with Crippen LogP contribution in [0, 0.1) is 25.7 Å². The summed E-state index contributed by atoms with van der Waals surface area (Å²) in [7, 11) is 0. The minimum Gasteiger partial charge on any atom is -0.507 e. The summed E-state index contributed by atoms with van der Waals surface area (Å²) < 4.78 is 0. The van der Waals surface area contributed by atoms with Gasteiger partial charge in [0.2, 0.25) is 5.91 Å². The number of likely N-dealkylation sites (tertiary alicyclic amines) is 2. The molecule has 2 aliphatic heterocycles. The number of aromatic hydroxyl groups is 1. The first-order chi connectivity index (χ1) is 12.8. The maximum absolute atomic E-state index is 12.9. The Kier molecular flexibility index (Phi) is 6.46. The predicted octanol–water partition coefficient (Wildman–Crippen LogP) is 3.91. The lowest BCUT2D eigenvalue weighted by molar-refractivity contribution is -0.136. The van der Waals surface area contributed by atoms with Gasteiger partial charge in [0.05, 0.1) is 0 Å². The van der Waals surface area contributed by atoms with Crippen molar-refractivity contribution in [2.75, 3.05) is 26.2 Å². The summed E-state index contributed by atoms with van der Waals surface area (Å²) in [5, 5.41) is 9.95. The molecule has 0 radical (unpaired) electrons. The zero-order valence-electron chi connectivity index (χ0n) is 17.5. The van der Waals surface area contributed by atoms with E-state index in [0.717, 1.165) is 55.0 Å². The van der Waals surface area contributed by atoms with E-state index in [2.05, 4.69) is 16.7 Å². The van der Waals surface area contributed by atoms with E-state index in [4.69, 9.17) is 0 Å². The lowest BCUT2D eigenvalue weighted by atomic mass is 9.93. The van der Waals surface area contributed by atoms with Gasteiger partial charge in [-0.1, -0.05) is 26.0 Å². The Balaban J connectivity index is 1.52. The van der Waals surface area contributed by atoms with Crippen LogP contribution in [0.5, 0.6) is 5.75 Å². The summed E-state index contributed by atoms with van der Waals surface area (Å²) in [6.07, 6.45) is 5.65. The van der Waals surface area contributed by atoms with Crippen molar-refractivity contribution in [1.29, 1.82) is 0 Å². The van der Waals surface area contributed by atoms with Crippen molar-refractivity contribution < 1.29 is 9.90 Å². The van der Waals surface area contributed by atoms with Crippen molar-refractivity contribution in [2.45, 2.75) is 65.8 Å². The van der Waals surface area contributed by atoms with Gasteiger partial charge < -0.3 is 10.0 Å². The Morgan fingerprint density at radius 2 is 1.78 bits per heavy atom. The van der Waals surface area contributed by atoms with Crippen molar-refractivity contribution in [3.63, 3.8) is 0 Å². The molecule has 0 aliphatic carbocycles. The van der Waals surface area contributed by atoms with Gasteiger partial charge in [-0.3, -0.25) is 9.69 Å². The third kappa shape index (κ3) is 4.84. The molecule has 1 N–H and O–H groups in total. The number of rotatable bonds is 4. The molecule has 0 spiro atoms. The number of carbonyl (C=O) groups excluding carboxylic acids is 1. The van der Waals surface area contributed by atoms with E-state index in [1.54, 1.807) is 0 Å². The fourth-order valence-electron chi connectivity index (χ4n) is 4.92. The molecule has 27 heavy (non-hydrogen) atoms. The molecule has 2 fully saturated rings. The summed E-state index contributed by atoms with van der Waals surface area (Å²) in [4.78, 5) is 17.7. The molecule has 2 aliphatic rings. The fraction of sp³-hybridized carbons (Fsp3) is 0.696. The van der Waals surface area contributed by atoms with E-state index in [9.17, 15) is 9.90 Å². The second-order valence-corrected chi connectivity index (χ2v) is 8.98. The molecule has 150 valence electrons. The Morgan fingerprint density at radius 1 is 1.15 bits per heavy atom. The highest BCUT2D eigenvalue weighted by molar-refractivity contribution is 5.79. The highest BCUT2D eigenvalue weighted by atomic mass is 16.3. The zero-order valence-corrected chi connectivity index (χ0v) is 17.5. The molecule has 2 heterocycles. The summed E-state index contributed by atoms with van der Waals surface area (Å²) in [6.45, 7) is 12.5. The molecule has 4 nitrogen and oxygen atoms in total. The van der Waals surface area contributed by atoms with E-state index in [0.29, 0.717) is 11.8 Å². The van der Waals surface area contributed by atoms with E-state index in [-0.39, 0.29) is 11.8 Å². The van der Waals surface area contributed by atoms with Crippen LogP contribution in [-0.2, 0) is 11.2 Å². The predicted molar refractivity (Wildman–Crippen MR) is 110 cm³/mol. The van der Waals surface area contributed by atoms with E-state index in [1.807, 2.05) is 32.9 Å². The zero-order chi connectivity index (χ0) is 19.6. The van der Waals surface area contributed by atoms with Crippen LogP contribution in [0.4, 0.5) is 0 Å². The van der Waals surface area contributed by atoms with Gasteiger partial charge in [0.15, 0.2) is 0 Å². The number of nitrogens with zero attached hydrogens (tertiary/aromatic N) is 2. The summed E-state index contributed by atoms with van der Waals surface area (Å²) in [5.41, 5.74) is 2.92. The van der Waals surface area contributed by atoms with Crippen LogP contribution in [0.2, 0.25) is 0 Å². The SMILES string of the molecule is Cc1cc(C[C@@H](C)C(=O)N2CCC(N3CCC[C@@H](C)C3)CC2)cc(C)c1O. The first-order valence-corrected chi connectivity index (χ1v) is 10.7. The fourth-order valence-corrected chi connectivity index (χ4v) is 4.92. The number of aryl methyl sites for hydroxylation is 2. The lowest BCUT2D eigenvalue weighted by Crippen LogP contribution is -2.50. The molecule has 0 aromatic heterocycles. The van der Waals surface area contributed by atoms with Crippen molar-refractivity contribution in [1.82, 2.24) is 9.80 Å². The number of piperidine rings is 2. The topological polar surface area (TPSA) is 43.8 Å². The largest absolute Gasteiger partial charge is 0.507 e. The number of phenolic OH excluding ortho intramolecular Hbond substituents is 1. The van der Waals surface area contributed by atoms with E-state index >= 15 is 0 Å². The Bertz CT molecular complexity index is 641. The van der Waals surface area contributed by atoms with Gasteiger partial charge in [0.1, 0.15) is 5.75 Å². The second kappa shape index (κ2) is 8.64. The van der Waals surface area contributed by atoms with Crippen LogP contribution in [0.15, 0.2) is 12.1 Å². The van der Waals surface area contributed by atoms with Gasteiger partial charge in [-0.2, -0.15) is 0 Å². The molecule has 0 saturated carbocycles. The molecular formula is C23H36N2O2. The Hall–Kier alpha value is -1.55. The first kappa shape index (κ1) is 20.2. The highest BCUT2D eigenvalue weighted by Gasteiger charge is 2.30. The average molecular weight is 373 g/mol. The van der Waals surface area contributed by atoms with Crippen molar-refractivity contribution in [3.8, 4) is 5.75 Å². The smallest absolute Gasteiger partial charge is 0.225 e. The van der Waals surface area contributed by atoms with Crippen LogP contribution in [0.1, 0.15) is 56.2 Å². The summed E-state index contributed by atoms with van der Waals surface area (Å²) in [5.74, 6) is 1.45. The average Bonchev–Trinajstić information content (AvgIpc) is 2.65. The standard InChI is InChI=1S/C23H36N2O2/c1-16-6-5-9-25(15-16)21-7-10-24(11-8-21)23(27)19(4)14-20-12-17(2)22(26)18(3)13-20/h12-13,16,19,21,26H,5-11,14-15H2,1-4H3/t16-,19-/m1/s1. The van der Waals surface area contributed by atoms with Crippen molar-refractivity contribution in [3.05, 3.63) is 28.8 Å². The number of phenols is 1. The third-order valence-electron chi connectivity index (χ3n) is 6.50. The van der Waals surface area contributed by atoms with Crippen LogP contribution >= 0.6 is 0 Å². The van der Waals surface area contributed by atoms with Gasteiger partial charge in [-0.05, 0) is 75.1 Å². The maximum Gasteiger partial charge on any atom is 0.225 e. The number of carbonyl (C=O) groups is 1. The minimum absolute atomic E-state index is 0.0140. The lowest BCUT2D eigenvalue weighted by Gasteiger charge is -2.42. The molecule has 2 saturated heterocycles. The van der Waals surface area contributed by atoms with Crippen LogP contribution in [0.3, 0.4) is 0 Å². The van der Waals surface area contributed by atoms with Gasteiger partial charge in [-0.25, -0.2) is 0 Å². The van der Waals surface area contributed by atoms with Gasteiger partial charge in [0.25, 0.3) is 0 Å². The molecule has 4 heteroatoms. The summed E-state index contributed by atoms with van der Waals surface area (Å²) in [6, 6.07) is 4.68. The molecule has 1 amide bonds. The number of hydrogen-bond donors (Lipinski definition) is 1. The van der Waals surface area contributed by atoms with Crippen molar-refractivity contribution in [2.24, 2.45) is 11.8 Å². The quantitative estimate of drug-likeness (QED) is 0.871.